The summed E-state index contributed by atoms with van der Waals surface area (Å²) < 4.78 is 18.2. The zero-order valence-corrected chi connectivity index (χ0v) is 37.3. The molecule has 326 valence electrons. The van der Waals surface area contributed by atoms with Crippen LogP contribution in [0.3, 0.4) is 0 Å². The molecule has 0 radical (unpaired) electrons. The van der Waals surface area contributed by atoms with Crippen molar-refractivity contribution in [1.29, 1.82) is 0 Å². The van der Waals surface area contributed by atoms with E-state index >= 15 is 0 Å². The molecule has 0 fully saturated rings. The lowest BCUT2D eigenvalue weighted by Gasteiger charge is -2.19. The molecular weight excluding hydrogens is 861 g/mol. The summed E-state index contributed by atoms with van der Waals surface area (Å²) in [5.41, 5.74) is 14.0. The number of aromatic nitrogens is 6. The Kier molecular flexibility index (Phi) is 8.20. The van der Waals surface area contributed by atoms with Gasteiger partial charge in [0.25, 0.3) is 0 Å². The first-order chi connectivity index (χ1) is 34.7. The van der Waals surface area contributed by atoms with Crippen LogP contribution in [0.25, 0.3) is 144 Å². The highest BCUT2D eigenvalue weighted by Crippen LogP contribution is 2.46. The summed E-state index contributed by atoms with van der Waals surface area (Å²) in [6, 6.07) is 71.5. The van der Waals surface area contributed by atoms with Crippen LogP contribution in [0.2, 0.25) is 0 Å². The van der Waals surface area contributed by atoms with Gasteiger partial charge in [-0.05, 0) is 60.7 Å². The quantitative estimate of drug-likeness (QED) is 0.165. The summed E-state index contributed by atoms with van der Waals surface area (Å²) >= 11 is 0. The number of furan rings is 2. The lowest BCUT2D eigenvalue weighted by molar-refractivity contribution is 0.672. The molecule has 6 aromatic heterocycles. The van der Waals surface area contributed by atoms with Crippen molar-refractivity contribution in [3.8, 4) is 56.7 Å². The van der Waals surface area contributed by atoms with Gasteiger partial charge in [0.1, 0.15) is 22.3 Å². The summed E-state index contributed by atoms with van der Waals surface area (Å²) in [5, 5.41) is 8.65. The SMILES string of the molecule is c1ccc(-c2nc(-c3ccccc3)nc(-c3ccc(-c4cnccc4-n4c5ccccc5c5c6oc7ccccc7c6ccc54)c(-n4c5ccccc5c5c6oc7ccccc7c6ccc54)c3)n2)cc1. The van der Waals surface area contributed by atoms with Gasteiger partial charge in [0, 0.05) is 72.5 Å². The molecular formula is C62H36N6O2. The number of hydrogen-bond acceptors (Lipinski definition) is 6. The first-order valence-electron chi connectivity index (χ1n) is 23.4. The number of pyridine rings is 1. The first kappa shape index (κ1) is 38.4. The van der Waals surface area contributed by atoms with Crippen molar-refractivity contribution in [1.82, 2.24) is 29.1 Å². The Morgan fingerprint density at radius 1 is 0.329 bits per heavy atom. The largest absolute Gasteiger partial charge is 0.455 e. The van der Waals surface area contributed by atoms with Crippen LogP contribution in [-0.2, 0) is 0 Å². The normalized spacial score (nSPS) is 12.0. The second-order valence-electron chi connectivity index (χ2n) is 17.7. The van der Waals surface area contributed by atoms with E-state index in [9.17, 15) is 0 Å². The first-order valence-corrected chi connectivity index (χ1v) is 23.4. The van der Waals surface area contributed by atoms with E-state index in [0.717, 1.165) is 127 Å². The van der Waals surface area contributed by atoms with E-state index in [2.05, 4.69) is 130 Å². The molecule has 70 heavy (non-hydrogen) atoms. The maximum absolute atomic E-state index is 6.78. The molecule has 15 aromatic rings. The molecule has 0 saturated carbocycles. The van der Waals surface area contributed by atoms with Gasteiger partial charge < -0.3 is 18.0 Å². The van der Waals surface area contributed by atoms with E-state index in [1.165, 1.54) is 0 Å². The number of rotatable bonds is 6. The minimum atomic E-state index is 0.560. The average molecular weight is 897 g/mol. The molecule has 0 aliphatic carbocycles. The van der Waals surface area contributed by atoms with Crippen molar-refractivity contribution < 1.29 is 8.83 Å². The molecule has 0 bridgehead atoms. The van der Waals surface area contributed by atoms with Crippen LogP contribution >= 0.6 is 0 Å². The van der Waals surface area contributed by atoms with Gasteiger partial charge in [-0.15, -0.1) is 0 Å². The Morgan fingerprint density at radius 2 is 0.800 bits per heavy atom. The molecule has 0 atom stereocenters. The molecule has 8 nitrogen and oxygen atoms in total. The van der Waals surface area contributed by atoms with E-state index in [-0.39, 0.29) is 0 Å². The van der Waals surface area contributed by atoms with Gasteiger partial charge in [-0.3, -0.25) is 4.98 Å². The lowest BCUT2D eigenvalue weighted by Crippen LogP contribution is -2.04. The molecule has 6 heterocycles. The third-order valence-electron chi connectivity index (χ3n) is 13.9. The molecule has 9 aromatic carbocycles. The van der Waals surface area contributed by atoms with Crippen LogP contribution in [0.1, 0.15) is 0 Å². The predicted octanol–water partition coefficient (Wildman–Crippen LogP) is 15.9. The molecule has 0 amide bonds. The summed E-state index contributed by atoms with van der Waals surface area (Å²) in [6.45, 7) is 0. The number of hydrogen-bond donors (Lipinski definition) is 0. The number of nitrogens with zero attached hydrogens (tertiary/aromatic N) is 6. The maximum Gasteiger partial charge on any atom is 0.164 e. The van der Waals surface area contributed by atoms with Gasteiger partial charge in [-0.25, -0.2) is 15.0 Å². The second-order valence-corrected chi connectivity index (χ2v) is 17.7. The summed E-state index contributed by atoms with van der Waals surface area (Å²) in [7, 11) is 0. The van der Waals surface area contributed by atoms with Gasteiger partial charge >= 0.3 is 0 Å². The highest BCUT2D eigenvalue weighted by atomic mass is 16.3. The monoisotopic (exact) mass is 896 g/mol. The minimum absolute atomic E-state index is 0.560. The average Bonchev–Trinajstić information content (AvgIpc) is 4.19. The third kappa shape index (κ3) is 5.64. The van der Waals surface area contributed by atoms with E-state index in [1.807, 2.05) is 97.3 Å². The van der Waals surface area contributed by atoms with Crippen molar-refractivity contribution in [2.45, 2.75) is 0 Å². The van der Waals surface area contributed by atoms with Gasteiger partial charge in [-0.2, -0.15) is 0 Å². The van der Waals surface area contributed by atoms with E-state index in [1.54, 1.807) is 0 Å². The van der Waals surface area contributed by atoms with E-state index < -0.39 is 0 Å². The molecule has 0 aliphatic heterocycles. The van der Waals surface area contributed by atoms with Crippen molar-refractivity contribution >= 4 is 87.5 Å². The predicted molar refractivity (Wildman–Crippen MR) is 283 cm³/mol. The Morgan fingerprint density at radius 3 is 1.36 bits per heavy atom. The molecule has 0 saturated heterocycles. The zero-order chi connectivity index (χ0) is 45.9. The van der Waals surface area contributed by atoms with Crippen molar-refractivity contribution in [3.63, 3.8) is 0 Å². The molecule has 0 N–H and O–H groups in total. The maximum atomic E-state index is 6.78. The molecule has 0 spiro atoms. The molecule has 8 heteroatoms. The second kappa shape index (κ2) is 14.9. The van der Waals surface area contributed by atoms with Crippen molar-refractivity contribution in [2.24, 2.45) is 0 Å². The Hall–Kier alpha value is -9.66. The van der Waals surface area contributed by atoms with Crippen molar-refractivity contribution in [3.05, 3.63) is 219 Å². The summed E-state index contributed by atoms with van der Waals surface area (Å²) in [5.74, 6) is 1.75. The van der Waals surface area contributed by atoms with E-state index in [4.69, 9.17) is 28.8 Å². The number of para-hydroxylation sites is 4. The van der Waals surface area contributed by atoms with Crippen LogP contribution < -0.4 is 0 Å². The Bertz CT molecular complexity index is 4540. The fourth-order valence-corrected chi connectivity index (χ4v) is 10.8. The van der Waals surface area contributed by atoms with Crippen LogP contribution in [0.15, 0.2) is 227 Å². The fourth-order valence-electron chi connectivity index (χ4n) is 10.8. The van der Waals surface area contributed by atoms with Gasteiger partial charge in [-0.1, -0.05) is 146 Å². The number of fused-ring (bicyclic) bond motifs is 14. The highest BCUT2D eigenvalue weighted by Gasteiger charge is 2.25. The van der Waals surface area contributed by atoms with E-state index in [0.29, 0.717) is 17.5 Å². The summed E-state index contributed by atoms with van der Waals surface area (Å²) in [6.07, 6.45) is 3.87. The smallest absolute Gasteiger partial charge is 0.164 e. The minimum Gasteiger partial charge on any atom is -0.455 e. The van der Waals surface area contributed by atoms with Crippen LogP contribution in [0.5, 0.6) is 0 Å². The Labute approximate surface area is 399 Å². The van der Waals surface area contributed by atoms with Crippen LogP contribution in [0.4, 0.5) is 0 Å². The van der Waals surface area contributed by atoms with Gasteiger partial charge in [0.2, 0.25) is 0 Å². The molecule has 0 aliphatic rings. The topological polar surface area (TPSA) is 87.7 Å². The van der Waals surface area contributed by atoms with Crippen molar-refractivity contribution in [2.75, 3.05) is 0 Å². The lowest BCUT2D eigenvalue weighted by atomic mass is 10.00. The van der Waals surface area contributed by atoms with Gasteiger partial charge in [0.15, 0.2) is 17.5 Å². The standard InChI is InChI=1S/C62H36N6O2/c1-3-15-37(16-4-1)60-64-61(38-17-5-2-6-18-38)66-62(65-60)39-27-28-40(53(35-39)68-49-24-12-8-22-46(49)57-52(68)32-30-44-42-20-10-14-26-55(42)70-59(44)57)47-36-63-34-33-50(47)67-48-23-11-7-21-45(48)56-51(67)31-29-43-41-19-9-13-25-54(41)69-58(43)56/h1-36H. The van der Waals surface area contributed by atoms with Crippen LogP contribution in [0, 0.1) is 0 Å². The summed E-state index contributed by atoms with van der Waals surface area (Å²) in [4.78, 5) is 20.3. The molecule has 0 unspecified atom stereocenters. The zero-order valence-electron chi connectivity index (χ0n) is 37.3. The van der Waals surface area contributed by atoms with Gasteiger partial charge in [0.05, 0.1) is 44.2 Å². The van der Waals surface area contributed by atoms with Crippen LogP contribution in [-0.4, -0.2) is 29.1 Å². The fraction of sp³-hybridized carbons (Fsp3) is 0. The molecule has 15 rings (SSSR count). The highest BCUT2D eigenvalue weighted by molar-refractivity contribution is 6.25. The Balaban J connectivity index is 1.04. The number of benzene rings is 9. The third-order valence-corrected chi connectivity index (χ3v) is 13.9.